The number of sulfonamides is 1. The van der Waals surface area contributed by atoms with E-state index in [-0.39, 0.29) is 17.5 Å². The van der Waals surface area contributed by atoms with E-state index in [0.717, 1.165) is 24.2 Å². The Bertz CT molecular complexity index is 1180. The third kappa shape index (κ3) is 4.06. The summed E-state index contributed by atoms with van der Waals surface area (Å²) in [4.78, 5) is 11.6. The predicted molar refractivity (Wildman–Crippen MR) is 110 cm³/mol. The molecule has 1 atom stereocenters. The van der Waals surface area contributed by atoms with Gasteiger partial charge in [0.15, 0.2) is 0 Å². The second-order valence-electron chi connectivity index (χ2n) is 7.43. The lowest BCUT2D eigenvalue weighted by Gasteiger charge is -2.29. The standard InChI is InChI=1S/C22H23NO5S/c1-15(17-5-6-17)23(14-16-3-8-19(27-2)9-4-16)29(25,26)20-10-11-21-18(13-20)7-12-22(24)28-21/h3-4,7-13,15,17H,5-6,14H2,1-2H3/t15-/m1/s1. The molecule has 0 radical (unpaired) electrons. The molecule has 1 saturated carbocycles. The molecule has 1 aliphatic carbocycles. The molecule has 0 bridgehead atoms. The van der Waals surface area contributed by atoms with Crippen LogP contribution in [0.2, 0.25) is 0 Å². The first kappa shape index (κ1) is 19.7. The summed E-state index contributed by atoms with van der Waals surface area (Å²) in [5.74, 6) is 1.11. The molecular formula is C22H23NO5S. The fourth-order valence-corrected chi connectivity index (χ4v) is 5.23. The molecule has 0 saturated heterocycles. The Labute approximate surface area is 169 Å². The molecule has 7 heteroatoms. The van der Waals surface area contributed by atoms with E-state index in [1.807, 2.05) is 31.2 Å². The Kier molecular flexibility index (Phi) is 5.19. The van der Waals surface area contributed by atoms with Crippen molar-refractivity contribution in [2.24, 2.45) is 5.92 Å². The molecule has 0 spiro atoms. The van der Waals surface area contributed by atoms with Crippen molar-refractivity contribution in [1.82, 2.24) is 4.31 Å². The second-order valence-corrected chi connectivity index (χ2v) is 9.32. The molecular weight excluding hydrogens is 390 g/mol. The average Bonchev–Trinajstić information content (AvgIpc) is 3.57. The molecule has 1 aliphatic rings. The van der Waals surface area contributed by atoms with E-state index in [0.29, 0.717) is 16.9 Å². The maximum absolute atomic E-state index is 13.6. The van der Waals surface area contributed by atoms with E-state index in [1.54, 1.807) is 23.5 Å². The van der Waals surface area contributed by atoms with Gasteiger partial charge in [0.2, 0.25) is 10.0 Å². The summed E-state index contributed by atoms with van der Waals surface area (Å²) in [5, 5.41) is 0.578. The van der Waals surface area contributed by atoms with Crippen LogP contribution in [0.5, 0.6) is 5.75 Å². The zero-order valence-corrected chi connectivity index (χ0v) is 17.2. The fourth-order valence-electron chi connectivity index (χ4n) is 3.52. The molecule has 1 fully saturated rings. The van der Waals surface area contributed by atoms with Crippen molar-refractivity contribution in [2.75, 3.05) is 7.11 Å². The molecule has 0 N–H and O–H groups in total. The number of hydrogen-bond acceptors (Lipinski definition) is 5. The largest absolute Gasteiger partial charge is 0.497 e. The molecule has 0 amide bonds. The molecule has 29 heavy (non-hydrogen) atoms. The van der Waals surface area contributed by atoms with Crippen molar-refractivity contribution in [3.63, 3.8) is 0 Å². The SMILES string of the molecule is COc1ccc(CN([C@H](C)C2CC2)S(=O)(=O)c2ccc3oc(=O)ccc3c2)cc1. The van der Waals surface area contributed by atoms with Crippen molar-refractivity contribution >= 4 is 21.0 Å². The highest BCUT2D eigenvalue weighted by atomic mass is 32.2. The van der Waals surface area contributed by atoms with E-state index in [2.05, 4.69) is 0 Å². The van der Waals surface area contributed by atoms with Crippen LogP contribution in [0, 0.1) is 5.92 Å². The quantitative estimate of drug-likeness (QED) is 0.551. The minimum absolute atomic E-state index is 0.105. The highest BCUT2D eigenvalue weighted by Gasteiger charge is 2.38. The van der Waals surface area contributed by atoms with E-state index >= 15 is 0 Å². The van der Waals surface area contributed by atoms with Crippen LogP contribution in [0.15, 0.2) is 68.7 Å². The molecule has 152 valence electrons. The number of methoxy groups -OCH3 is 1. The highest BCUT2D eigenvalue weighted by molar-refractivity contribution is 7.89. The summed E-state index contributed by atoms with van der Waals surface area (Å²) in [6.07, 6.45) is 2.08. The van der Waals surface area contributed by atoms with Gasteiger partial charge in [-0.1, -0.05) is 12.1 Å². The summed E-state index contributed by atoms with van der Waals surface area (Å²) >= 11 is 0. The number of hydrogen-bond donors (Lipinski definition) is 0. The lowest BCUT2D eigenvalue weighted by molar-refractivity contribution is 0.303. The van der Waals surface area contributed by atoms with Crippen molar-refractivity contribution < 1.29 is 17.6 Å². The highest BCUT2D eigenvalue weighted by Crippen LogP contribution is 2.38. The van der Waals surface area contributed by atoms with Crippen molar-refractivity contribution in [3.8, 4) is 5.75 Å². The van der Waals surface area contributed by atoms with Gasteiger partial charge in [-0.25, -0.2) is 13.2 Å². The predicted octanol–water partition coefficient (Wildman–Crippen LogP) is 3.79. The summed E-state index contributed by atoms with van der Waals surface area (Å²) in [7, 11) is -2.14. The van der Waals surface area contributed by atoms with E-state index in [1.165, 1.54) is 18.2 Å². The Morgan fingerprint density at radius 1 is 1.10 bits per heavy atom. The maximum atomic E-state index is 13.6. The lowest BCUT2D eigenvalue weighted by Crippen LogP contribution is -2.39. The zero-order chi connectivity index (χ0) is 20.6. The van der Waals surface area contributed by atoms with Gasteiger partial charge in [-0.05, 0) is 67.6 Å². The van der Waals surface area contributed by atoms with Crippen molar-refractivity contribution in [2.45, 2.75) is 37.2 Å². The third-order valence-electron chi connectivity index (χ3n) is 5.45. The van der Waals surface area contributed by atoms with Gasteiger partial charge >= 0.3 is 5.63 Å². The summed E-state index contributed by atoms with van der Waals surface area (Å²) in [6.45, 7) is 2.25. The molecule has 0 unspecified atom stereocenters. The Hall–Kier alpha value is -2.64. The number of fused-ring (bicyclic) bond motifs is 1. The van der Waals surface area contributed by atoms with E-state index in [4.69, 9.17) is 9.15 Å². The molecule has 1 aromatic heterocycles. The van der Waals surface area contributed by atoms with Crippen LogP contribution in [0.4, 0.5) is 0 Å². The second kappa shape index (κ2) is 7.65. The first-order valence-electron chi connectivity index (χ1n) is 9.57. The van der Waals surface area contributed by atoms with Gasteiger partial charge in [-0.3, -0.25) is 0 Å². The molecule has 3 aromatic rings. The molecule has 0 aliphatic heterocycles. The minimum atomic E-state index is -3.74. The molecule has 2 aromatic carbocycles. The van der Waals surface area contributed by atoms with Gasteiger partial charge in [0.1, 0.15) is 11.3 Å². The Morgan fingerprint density at radius 3 is 2.48 bits per heavy atom. The fraction of sp³-hybridized carbons (Fsp3) is 0.318. The Balaban J connectivity index is 1.71. The van der Waals surface area contributed by atoms with Crippen molar-refractivity contribution in [3.05, 3.63) is 70.6 Å². The topological polar surface area (TPSA) is 76.8 Å². The number of ether oxygens (including phenoxy) is 1. The van der Waals surface area contributed by atoms with Gasteiger partial charge < -0.3 is 9.15 Å². The van der Waals surface area contributed by atoms with Gasteiger partial charge in [0.25, 0.3) is 0 Å². The van der Waals surface area contributed by atoms with Crippen LogP contribution < -0.4 is 10.4 Å². The van der Waals surface area contributed by atoms with Gasteiger partial charge in [0.05, 0.1) is 12.0 Å². The van der Waals surface area contributed by atoms with Gasteiger partial charge in [0, 0.05) is 24.0 Å². The number of benzene rings is 2. The minimum Gasteiger partial charge on any atom is -0.497 e. The summed E-state index contributed by atoms with van der Waals surface area (Å²) in [5.41, 5.74) is 0.804. The van der Waals surface area contributed by atoms with E-state index in [9.17, 15) is 13.2 Å². The van der Waals surface area contributed by atoms with Crippen LogP contribution in [0.3, 0.4) is 0 Å². The maximum Gasteiger partial charge on any atom is 0.336 e. The number of nitrogens with zero attached hydrogens (tertiary/aromatic N) is 1. The van der Waals surface area contributed by atoms with Crippen LogP contribution in [0.25, 0.3) is 11.0 Å². The van der Waals surface area contributed by atoms with Gasteiger partial charge in [-0.2, -0.15) is 4.31 Å². The third-order valence-corrected chi connectivity index (χ3v) is 7.38. The van der Waals surface area contributed by atoms with Crippen LogP contribution in [0.1, 0.15) is 25.3 Å². The molecule has 1 heterocycles. The van der Waals surface area contributed by atoms with Gasteiger partial charge in [-0.15, -0.1) is 0 Å². The Morgan fingerprint density at radius 2 is 1.83 bits per heavy atom. The lowest BCUT2D eigenvalue weighted by atomic mass is 10.1. The first-order valence-corrected chi connectivity index (χ1v) is 11.0. The molecule has 4 rings (SSSR count). The number of rotatable bonds is 7. The van der Waals surface area contributed by atoms with Crippen molar-refractivity contribution in [1.29, 1.82) is 0 Å². The normalized spacial score (nSPS) is 15.6. The zero-order valence-electron chi connectivity index (χ0n) is 16.4. The van der Waals surface area contributed by atoms with E-state index < -0.39 is 15.6 Å². The van der Waals surface area contributed by atoms with Crippen LogP contribution in [-0.2, 0) is 16.6 Å². The summed E-state index contributed by atoms with van der Waals surface area (Å²) in [6, 6.07) is 14.8. The first-order chi connectivity index (χ1) is 13.9. The van der Waals surface area contributed by atoms with Crippen LogP contribution >= 0.6 is 0 Å². The molecule has 6 nitrogen and oxygen atoms in total. The van der Waals surface area contributed by atoms with Crippen LogP contribution in [-0.4, -0.2) is 25.9 Å². The smallest absolute Gasteiger partial charge is 0.336 e. The summed E-state index contributed by atoms with van der Waals surface area (Å²) < 4.78 is 39.0. The monoisotopic (exact) mass is 413 g/mol. The average molecular weight is 413 g/mol.